The van der Waals surface area contributed by atoms with Crippen molar-refractivity contribution in [3.8, 4) is 0 Å². The Bertz CT molecular complexity index is 454. The molecule has 1 unspecified atom stereocenters. The largest absolute Gasteiger partial charge is 0.392 e. The van der Waals surface area contributed by atoms with Crippen LogP contribution in [0.25, 0.3) is 0 Å². The molecule has 98 valence electrons. The van der Waals surface area contributed by atoms with Gasteiger partial charge in [-0.05, 0) is 25.5 Å². The number of benzene rings is 1. The van der Waals surface area contributed by atoms with Crippen molar-refractivity contribution in [2.45, 2.75) is 33.3 Å². The van der Waals surface area contributed by atoms with Crippen molar-refractivity contribution in [2.75, 3.05) is 18.0 Å². The molecule has 1 aliphatic rings. The van der Waals surface area contributed by atoms with Crippen molar-refractivity contribution in [1.82, 2.24) is 0 Å². The van der Waals surface area contributed by atoms with Crippen LogP contribution in [0.15, 0.2) is 18.2 Å². The fourth-order valence-corrected chi connectivity index (χ4v) is 2.61. The molecule has 18 heavy (non-hydrogen) atoms. The summed E-state index contributed by atoms with van der Waals surface area (Å²) in [7, 11) is 0. The van der Waals surface area contributed by atoms with Gasteiger partial charge in [0, 0.05) is 29.8 Å². The topological polar surface area (TPSA) is 40.5 Å². The fraction of sp³-hybridized carbons (Fsp3) is 0.533. The lowest BCUT2D eigenvalue weighted by Gasteiger charge is -2.43. The van der Waals surface area contributed by atoms with Crippen molar-refractivity contribution < 1.29 is 9.90 Å². The minimum absolute atomic E-state index is 0.136. The molecule has 3 heteroatoms. The first-order chi connectivity index (χ1) is 8.44. The van der Waals surface area contributed by atoms with Crippen LogP contribution >= 0.6 is 0 Å². The molecular weight excluding hydrogens is 226 g/mol. The van der Waals surface area contributed by atoms with Crippen LogP contribution in [0.5, 0.6) is 0 Å². The molecule has 0 spiro atoms. The zero-order valence-electron chi connectivity index (χ0n) is 11.3. The highest BCUT2D eigenvalue weighted by Gasteiger charge is 2.35. The summed E-state index contributed by atoms with van der Waals surface area (Å²) in [6, 6.07) is 5.95. The van der Waals surface area contributed by atoms with Gasteiger partial charge in [0.2, 0.25) is 0 Å². The number of anilines is 1. The number of rotatable bonds is 2. The Labute approximate surface area is 108 Å². The van der Waals surface area contributed by atoms with E-state index in [1.165, 1.54) is 0 Å². The average molecular weight is 247 g/mol. The Hall–Kier alpha value is -1.35. The van der Waals surface area contributed by atoms with Crippen molar-refractivity contribution in [3.05, 3.63) is 29.3 Å². The lowest BCUT2D eigenvalue weighted by molar-refractivity contribution is 0.0336. The minimum Gasteiger partial charge on any atom is -0.392 e. The summed E-state index contributed by atoms with van der Waals surface area (Å²) in [6.45, 7) is 7.70. The Morgan fingerprint density at radius 1 is 1.44 bits per heavy atom. The maximum absolute atomic E-state index is 11.2. The number of nitrogens with zero attached hydrogens (tertiary/aromatic N) is 1. The average Bonchev–Trinajstić information content (AvgIpc) is 2.32. The van der Waals surface area contributed by atoms with Crippen LogP contribution in [0, 0.1) is 12.3 Å². The predicted octanol–water partition coefficient (Wildman–Crippen LogP) is 2.40. The second kappa shape index (κ2) is 4.73. The van der Waals surface area contributed by atoms with E-state index >= 15 is 0 Å². The summed E-state index contributed by atoms with van der Waals surface area (Å²) in [5, 5.41) is 9.98. The number of hydrogen-bond acceptors (Lipinski definition) is 3. The maximum Gasteiger partial charge on any atom is 0.152 e. The summed E-state index contributed by atoms with van der Waals surface area (Å²) in [5.41, 5.74) is 2.68. The number of hydrogen-bond donors (Lipinski definition) is 1. The number of carbonyl (C=O) groups is 1. The lowest BCUT2D eigenvalue weighted by Crippen LogP contribution is -2.48. The van der Waals surface area contributed by atoms with E-state index < -0.39 is 0 Å². The standard InChI is InChI=1S/C15H21NO2/c1-11-4-5-13(12(8-11)9-17)16-7-6-14(18)15(2,3)10-16/h4-5,8-9,14,18H,6-7,10H2,1-3H3. The van der Waals surface area contributed by atoms with Crippen LogP contribution in [0.3, 0.4) is 0 Å². The van der Waals surface area contributed by atoms with E-state index in [1.54, 1.807) is 0 Å². The molecule has 2 rings (SSSR count). The Morgan fingerprint density at radius 2 is 2.17 bits per heavy atom. The molecule has 0 radical (unpaired) electrons. The summed E-state index contributed by atoms with van der Waals surface area (Å²) < 4.78 is 0. The molecule has 1 saturated heterocycles. The van der Waals surface area contributed by atoms with Gasteiger partial charge in [-0.1, -0.05) is 25.5 Å². The van der Waals surface area contributed by atoms with E-state index in [9.17, 15) is 9.90 Å². The molecule has 0 aliphatic carbocycles. The normalized spacial score (nSPS) is 22.9. The predicted molar refractivity (Wildman–Crippen MR) is 73.2 cm³/mol. The van der Waals surface area contributed by atoms with Crippen LogP contribution < -0.4 is 4.90 Å². The third kappa shape index (κ3) is 2.41. The smallest absolute Gasteiger partial charge is 0.152 e. The third-order valence-corrected chi connectivity index (χ3v) is 3.82. The second-order valence-electron chi connectivity index (χ2n) is 5.89. The van der Waals surface area contributed by atoms with E-state index in [1.807, 2.05) is 25.1 Å². The van der Waals surface area contributed by atoms with Gasteiger partial charge in [-0.2, -0.15) is 0 Å². The molecule has 1 N–H and O–H groups in total. The fourth-order valence-electron chi connectivity index (χ4n) is 2.61. The summed E-state index contributed by atoms with van der Waals surface area (Å²) in [4.78, 5) is 13.4. The van der Waals surface area contributed by atoms with Gasteiger partial charge in [0.05, 0.1) is 6.10 Å². The first-order valence-electron chi connectivity index (χ1n) is 6.43. The molecule has 0 bridgehead atoms. The zero-order valence-corrected chi connectivity index (χ0v) is 11.3. The Kier molecular flexibility index (Phi) is 3.44. The third-order valence-electron chi connectivity index (χ3n) is 3.82. The van der Waals surface area contributed by atoms with Crippen molar-refractivity contribution in [1.29, 1.82) is 0 Å². The monoisotopic (exact) mass is 247 g/mol. The molecule has 0 aromatic heterocycles. The van der Waals surface area contributed by atoms with Crippen LogP contribution in [-0.2, 0) is 0 Å². The van der Waals surface area contributed by atoms with E-state index in [0.717, 1.165) is 42.6 Å². The number of aliphatic hydroxyl groups excluding tert-OH is 1. The molecule has 1 aromatic carbocycles. The molecule has 1 aromatic rings. The lowest BCUT2D eigenvalue weighted by atomic mass is 9.81. The van der Waals surface area contributed by atoms with Crippen molar-refractivity contribution >= 4 is 12.0 Å². The number of aryl methyl sites for hydroxylation is 1. The maximum atomic E-state index is 11.2. The minimum atomic E-state index is -0.265. The van der Waals surface area contributed by atoms with Gasteiger partial charge < -0.3 is 10.0 Å². The van der Waals surface area contributed by atoms with Gasteiger partial charge in [-0.3, -0.25) is 4.79 Å². The zero-order chi connectivity index (χ0) is 13.3. The van der Waals surface area contributed by atoms with E-state index in [-0.39, 0.29) is 11.5 Å². The first-order valence-corrected chi connectivity index (χ1v) is 6.43. The van der Waals surface area contributed by atoms with Crippen molar-refractivity contribution in [3.63, 3.8) is 0 Å². The molecule has 0 saturated carbocycles. The first kappa shape index (κ1) is 13.1. The van der Waals surface area contributed by atoms with Gasteiger partial charge in [0.25, 0.3) is 0 Å². The van der Waals surface area contributed by atoms with Crippen LogP contribution in [0.2, 0.25) is 0 Å². The van der Waals surface area contributed by atoms with E-state index in [4.69, 9.17) is 0 Å². The van der Waals surface area contributed by atoms with Gasteiger partial charge in [0.15, 0.2) is 6.29 Å². The van der Waals surface area contributed by atoms with Crippen molar-refractivity contribution in [2.24, 2.45) is 5.41 Å². The second-order valence-corrected chi connectivity index (χ2v) is 5.89. The van der Waals surface area contributed by atoms with E-state index in [2.05, 4.69) is 18.7 Å². The van der Waals surface area contributed by atoms with Gasteiger partial charge in [-0.15, -0.1) is 0 Å². The molecular formula is C15H21NO2. The highest BCUT2D eigenvalue weighted by atomic mass is 16.3. The number of piperidine rings is 1. The summed E-state index contributed by atoms with van der Waals surface area (Å²) in [5.74, 6) is 0. The molecule has 1 atom stereocenters. The van der Waals surface area contributed by atoms with Gasteiger partial charge in [-0.25, -0.2) is 0 Å². The quantitative estimate of drug-likeness (QED) is 0.816. The Morgan fingerprint density at radius 3 is 2.78 bits per heavy atom. The van der Waals surface area contributed by atoms with Gasteiger partial charge >= 0.3 is 0 Å². The number of aldehydes is 1. The number of carbonyl (C=O) groups excluding carboxylic acids is 1. The van der Waals surface area contributed by atoms with Gasteiger partial charge in [0.1, 0.15) is 0 Å². The molecule has 1 aliphatic heterocycles. The highest BCUT2D eigenvalue weighted by molar-refractivity contribution is 5.85. The van der Waals surface area contributed by atoms with Crippen LogP contribution in [0.1, 0.15) is 36.2 Å². The molecule has 1 fully saturated rings. The number of aliphatic hydroxyl groups is 1. The molecule has 3 nitrogen and oxygen atoms in total. The van der Waals surface area contributed by atoms with E-state index in [0.29, 0.717) is 0 Å². The molecule has 1 heterocycles. The van der Waals surface area contributed by atoms with Crippen LogP contribution in [0.4, 0.5) is 5.69 Å². The highest BCUT2D eigenvalue weighted by Crippen LogP contribution is 2.33. The summed E-state index contributed by atoms with van der Waals surface area (Å²) >= 11 is 0. The molecule has 0 amide bonds. The SMILES string of the molecule is Cc1ccc(N2CCC(O)C(C)(C)C2)c(C=O)c1. The Balaban J connectivity index is 2.30. The van der Waals surface area contributed by atoms with Crippen LogP contribution in [-0.4, -0.2) is 30.6 Å². The summed E-state index contributed by atoms with van der Waals surface area (Å²) in [6.07, 6.45) is 1.40.